The molecule has 0 saturated heterocycles. The number of aliphatic hydroxyl groups excluding tert-OH is 1. The molecule has 0 saturated carbocycles. The van der Waals surface area contributed by atoms with Crippen LogP contribution in [0.15, 0.2) is 47.5 Å². The maximum absolute atomic E-state index is 14.4. The minimum absolute atomic E-state index is 0.0640. The molecular formula is C21H23ClFN3O2. The van der Waals surface area contributed by atoms with Crippen LogP contribution >= 0.6 is 11.6 Å². The summed E-state index contributed by atoms with van der Waals surface area (Å²) in [5.41, 5.74) is 2.06. The van der Waals surface area contributed by atoms with Gasteiger partial charge in [0, 0.05) is 35.8 Å². The Morgan fingerprint density at radius 2 is 2.00 bits per heavy atom. The molecule has 1 aliphatic heterocycles. The van der Waals surface area contributed by atoms with Gasteiger partial charge < -0.3 is 10.0 Å². The zero-order chi connectivity index (χ0) is 20.1. The second kappa shape index (κ2) is 9.28. The van der Waals surface area contributed by atoms with Gasteiger partial charge in [-0.1, -0.05) is 30.7 Å². The Balaban J connectivity index is 2.00. The second-order valence-corrected chi connectivity index (χ2v) is 6.95. The van der Waals surface area contributed by atoms with E-state index in [1.54, 1.807) is 41.3 Å². The van der Waals surface area contributed by atoms with Crippen LogP contribution in [0.3, 0.4) is 0 Å². The summed E-state index contributed by atoms with van der Waals surface area (Å²) in [6, 6.07) is 11.6. The molecule has 0 fully saturated rings. The highest BCUT2D eigenvalue weighted by Crippen LogP contribution is 2.30. The first-order valence-corrected chi connectivity index (χ1v) is 9.65. The number of carbonyl (C=O) groups is 1. The average Bonchev–Trinajstić information content (AvgIpc) is 2.82. The van der Waals surface area contributed by atoms with Gasteiger partial charge in [-0.3, -0.25) is 14.7 Å². The van der Waals surface area contributed by atoms with Crippen molar-refractivity contribution in [3.63, 3.8) is 0 Å². The van der Waals surface area contributed by atoms with E-state index in [1.807, 2.05) is 6.92 Å². The SMILES string of the molecule is CCN(CCO)CCN1C(=O)CN=C(c2ccccc2F)c2cc(Cl)ccc21. The van der Waals surface area contributed by atoms with Crippen molar-refractivity contribution in [1.82, 2.24) is 4.90 Å². The van der Waals surface area contributed by atoms with Crippen LogP contribution < -0.4 is 4.90 Å². The number of nitrogens with zero attached hydrogens (tertiary/aromatic N) is 3. The Hall–Kier alpha value is -2.28. The fourth-order valence-corrected chi connectivity index (χ4v) is 3.50. The summed E-state index contributed by atoms with van der Waals surface area (Å²) in [5.74, 6) is -0.553. The Kier molecular flexibility index (Phi) is 6.78. The maximum Gasteiger partial charge on any atom is 0.248 e. The lowest BCUT2D eigenvalue weighted by molar-refractivity contribution is -0.117. The van der Waals surface area contributed by atoms with Crippen LogP contribution in [0, 0.1) is 5.82 Å². The van der Waals surface area contributed by atoms with Gasteiger partial charge in [-0.25, -0.2) is 4.39 Å². The smallest absolute Gasteiger partial charge is 0.248 e. The van der Waals surface area contributed by atoms with Gasteiger partial charge in [0.2, 0.25) is 5.91 Å². The van der Waals surface area contributed by atoms with Crippen molar-refractivity contribution < 1.29 is 14.3 Å². The van der Waals surface area contributed by atoms with E-state index in [2.05, 4.69) is 9.89 Å². The highest BCUT2D eigenvalue weighted by molar-refractivity contribution is 6.32. The molecule has 0 atom stereocenters. The number of likely N-dealkylation sites (N-methyl/N-ethyl adjacent to an activating group) is 1. The van der Waals surface area contributed by atoms with Crippen molar-refractivity contribution in [1.29, 1.82) is 0 Å². The highest BCUT2D eigenvalue weighted by atomic mass is 35.5. The highest BCUT2D eigenvalue weighted by Gasteiger charge is 2.26. The molecule has 0 aromatic heterocycles. The fourth-order valence-electron chi connectivity index (χ4n) is 3.32. The molecule has 1 amide bonds. The number of hydrogen-bond acceptors (Lipinski definition) is 4. The first kappa shape index (κ1) is 20.5. The van der Waals surface area contributed by atoms with Gasteiger partial charge in [-0.2, -0.15) is 0 Å². The molecule has 5 nitrogen and oxygen atoms in total. The summed E-state index contributed by atoms with van der Waals surface area (Å²) >= 11 is 6.21. The van der Waals surface area contributed by atoms with Gasteiger partial charge in [0.1, 0.15) is 12.4 Å². The number of hydrogen-bond donors (Lipinski definition) is 1. The molecule has 0 unspecified atom stereocenters. The van der Waals surface area contributed by atoms with E-state index in [1.165, 1.54) is 6.07 Å². The molecule has 2 aromatic rings. The molecular weight excluding hydrogens is 381 g/mol. The Morgan fingerprint density at radius 1 is 1.21 bits per heavy atom. The third-order valence-corrected chi connectivity index (χ3v) is 5.05. The largest absolute Gasteiger partial charge is 0.395 e. The van der Waals surface area contributed by atoms with Gasteiger partial charge in [0.05, 0.1) is 18.0 Å². The molecule has 0 bridgehead atoms. The Bertz CT molecular complexity index is 888. The third kappa shape index (κ3) is 4.41. The molecule has 28 heavy (non-hydrogen) atoms. The predicted octanol–water partition coefficient (Wildman–Crippen LogP) is 2.98. The van der Waals surface area contributed by atoms with Crippen molar-refractivity contribution in [3.8, 4) is 0 Å². The lowest BCUT2D eigenvalue weighted by Gasteiger charge is -2.27. The summed E-state index contributed by atoms with van der Waals surface area (Å²) in [6.45, 7) is 4.38. The van der Waals surface area contributed by atoms with Crippen LogP contribution in [0.1, 0.15) is 18.1 Å². The van der Waals surface area contributed by atoms with Crippen molar-refractivity contribution in [2.75, 3.05) is 44.2 Å². The van der Waals surface area contributed by atoms with E-state index in [0.717, 1.165) is 6.54 Å². The van der Waals surface area contributed by atoms with E-state index in [-0.39, 0.29) is 19.1 Å². The molecule has 0 spiro atoms. The molecule has 3 rings (SSSR count). The molecule has 1 heterocycles. The van der Waals surface area contributed by atoms with Gasteiger partial charge >= 0.3 is 0 Å². The van der Waals surface area contributed by atoms with Crippen LogP contribution in [0.2, 0.25) is 5.02 Å². The number of rotatable bonds is 7. The van der Waals surface area contributed by atoms with Crippen LogP contribution in [-0.2, 0) is 4.79 Å². The fraction of sp³-hybridized carbons (Fsp3) is 0.333. The van der Waals surface area contributed by atoms with E-state index >= 15 is 0 Å². The number of fused-ring (bicyclic) bond motifs is 1. The number of aliphatic hydroxyl groups is 1. The molecule has 7 heteroatoms. The lowest BCUT2D eigenvalue weighted by atomic mass is 9.99. The average molecular weight is 404 g/mol. The van der Waals surface area contributed by atoms with Crippen LogP contribution in [-0.4, -0.2) is 61.0 Å². The summed E-state index contributed by atoms with van der Waals surface area (Å²) in [4.78, 5) is 21.0. The number of carbonyl (C=O) groups excluding carboxylic acids is 1. The predicted molar refractivity (Wildman–Crippen MR) is 110 cm³/mol. The van der Waals surface area contributed by atoms with Crippen LogP contribution in [0.4, 0.5) is 10.1 Å². The number of aliphatic imine (C=N–C) groups is 1. The first-order valence-electron chi connectivity index (χ1n) is 9.28. The normalized spacial score (nSPS) is 14.1. The van der Waals surface area contributed by atoms with Crippen LogP contribution in [0.5, 0.6) is 0 Å². The number of benzene rings is 2. The summed E-state index contributed by atoms with van der Waals surface area (Å²) in [7, 11) is 0. The summed E-state index contributed by atoms with van der Waals surface area (Å²) in [6.07, 6.45) is 0. The van der Waals surface area contributed by atoms with Crippen LogP contribution in [0.25, 0.3) is 0 Å². The van der Waals surface area contributed by atoms with Crippen molar-refractivity contribution >= 4 is 28.9 Å². The number of amides is 1. The Labute approximate surface area is 169 Å². The molecule has 0 radical (unpaired) electrons. The monoisotopic (exact) mass is 403 g/mol. The van der Waals surface area contributed by atoms with Gasteiger partial charge in [0.25, 0.3) is 0 Å². The number of anilines is 1. The van der Waals surface area contributed by atoms with Gasteiger partial charge in [-0.05, 0) is 36.9 Å². The maximum atomic E-state index is 14.4. The summed E-state index contributed by atoms with van der Waals surface area (Å²) in [5, 5.41) is 9.68. The zero-order valence-corrected chi connectivity index (χ0v) is 16.5. The topological polar surface area (TPSA) is 56.1 Å². The van der Waals surface area contributed by atoms with E-state index in [9.17, 15) is 14.3 Å². The van der Waals surface area contributed by atoms with Gasteiger partial charge in [0.15, 0.2) is 0 Å². The molecule has 1 aliphatic rings. The molecule has 1 N–H and O–H groups in total. The molecule has 148 valence electrons. The minimum atomic E-state index is -0.395. The molecule has 2 aromatic carbocycles. The first-order chi connectivity index (χ1) is 13.5. The van der Waals surface area contributed by atoms with E-state index in [4.69, 9.17) is 11.6 Å². The van der Waals surface area contributed by atoms with Crippen molar-refractivity contribution in [2.45, 2.75) is 6.92 Å². The van der Waals surface area contributed by atoms with E-state index in [0.29, 0.717) is 47.2 Å². The third-order valence-electron chi connectivity index (χ3n) is 4.81. The quantitative estimate of drug-likeness (QED) is 0.773. The Morgan fingerprint density at radius 3 is 2.71 bits per heavy atom. The van der Waals surface area contributed by atoms with E-state index < -0.39 is 5.82 Å². The zero-order valence-electron chi connectivity index (χ0n) is 15.7. The van der Waals surface area contributed by atoms with Crippen molar-refractivity contribution in [2.24, 2.45) is 4.99 Å². The standard InChI is InChI=1S/C21H23ClFN3O2/c1-2-25(11-12-27)9-10-26-19-8-7-15(22)13-17(19)21(24-14-20(26)28)16-5-3-4-6-18(16)23/h3-8,13,27H,2,9-12,14H2,1H3. The van der Waals surface area contributed by atoms with Crippen molar-refractivity contribution in [3.05, 3.63) is 64.4 Å². The molecule has 0 aliphatic carbocycles. The number of halogens is 2. The number of benzodiazepines with no additional fused rings is 1. The minimum Gasteiger partial charge on any atom is -0.395 e. The second-order valence-electron chi connectivity index (χ2n) is 6.51. The summed E-state index contributed by atoms with van der Waals surface area (Å²) < 4.78 is 14.4. The van der Waals surface area contributed by atoms with Gasteiger partial charge in [-0.15, -0.1) is 0 Å². The lowest BCUT2D eigenvalue weighted by Crippen LogP contribution is -2.40.